The highest BCUT2D eigenvalue weighted by Crippen LogP contribution is 2.41. The van der Waals surface area contributed by atoms with E-state index in [1.807, 2.05) is 48.5 Å². The van der Waals surface area contributed by atoms with Gasteiger partial charge in [0, 0.05) is 28.5 Å². The third-order valence-corrected chi connectivity index (χ3v) is 5.43. The number of nitrogens with one attached hydrogen (secondary N) is 1. The molecule has 1 amide bonds. The predicted octanol–water partition coefficient (Wildman–Crippen LogP) is 5.12. The first kappa shape index (κ1) is 18.5. The highest BCUT2D eigenvalue weighted by molar-refractivity contribution is 6.30. The number of nitrogens with zero attached hydrogens (tertiary/aromatic N) is 1. The molecule has 1 aliphatic carbocycles. The standard InChI is InChI=1S/C23H21ClN2O2/c24-20-9-7-19(8-10-20)23(11-3-12-23)26-22(27)18-5-1-6-21(14-18)28-16-17-4-2-13-25-15-17/h1-2,4-10,13-15H,3,11-12,16H2,(H,26,27). The van der Waals surface area contributed by atoms with Gasteiger partial charge in [-0.25, -0.2) is 0 Å². The predicted molar refractivity (Wildman–Crippen MR) is 109 cm³/mol. The maximum absolute atomic E-state index is 12.9. The first-order chi connectivity index (χ1) is 13.6. The molecule has 1 saturated carbocycles. The Labute approximate surface area is 169 Å². The molecule has 1 N–H and O–H groups in total. The lowest BCUT2D eigenvalue weighted by molar-refractivity contribution is 0.0823. The zero-order valence-electron chi connectivity index (χ0n) is 15.4. The summed E-state index contributed by atoms with van der Waals surface area (Å²) in [4.78, 5) is 17.0. The van der Waals surface area contributed by atoms with Crippen LogP contribution in [0.4, 0.5) is 0 Å². The highest BCUT2D eigenvalue weighted by atomic mass is 35.5. The van der Waals surface area contributed by atoms with Crippen molar-refractivity contribution < 1.29 is 9.53 Å². The second-order valence-electron chi connectivity index (χ2n) is 7.07. The average molecular weight is 393 g/mol. The Morgan fingerprint density at radius 2 is 1.93 bits per heavy atom. The van der Waals surface area contributed by atoms with Gasteiger partial charge < -0.3 is 10.1 Å². The van der Waals surface area contributed by atoms with E-state index in [0.29, 0.717) is 22.9 Å². The van der Waals surface area contributed by atoms with Crippen LogP contribution in [0.15, 0.2) is 73.1 Å². The number of carbonyl (C=O) groups is 1. The number of aromatic nitrogens is 1. The number of halogens is 1. The molecule has 142 valence electrons. The fourth-order valence-electron chi connectivity index (χ4n) is 3.45. The Hall–Kier alpha value is -2.85. The van der Waals surface area contributed by atoms with E-state index >= 15 is 0 Å². The second kappa shape index (κ2) is 8.03. The largest absolute Gasteiger partial charge is 0.489 e. The molecule has 0 atom stereocenters. The van der Waals surface area contributed by atoms with Crippen LogP contribution < -0.4 is 10.1 Å². The van der Waals surface area contributed by atoms with Crippen molar-refractivity contribution in [3.63, 3.8) is 0 Å². The van der Waals surface area contributed by atoms with Gasteiger partial charge in [0.05, 0.1) is 5.54 Å². The third-order valence-electron chi connectivity index (χ3n) is 5.18. The van der Waals surface area contributed by atoms with E-state index in [1.54, 1.807) is 24.5 Å². The van der Waals surface area contributed by atoms with Crippen molar-refractivity contribution in [3.8, 4) is 5.75 Å². The van der Waals surface area contributed by atoms with Gasteiger partial charge in [-0.2, -0.15) is 0 Å². The molecule has 1 heterocycles. The lowest BCUT2D eigenvalue weighted by Gasteiger charge is -2.43. The molecule has 4 nitrogen and oxygen atoms in total. The minimum absolute atomic E-state index is 0.0959. The van der Waals surface area contributed by atoms with Gasteiger partial charge >= 0.3 is 0 Å². The van der Waals surface area contributed by atoms with Crippen LogP contribution in [0.25, 0.3) is 0 Å². The fraction of sp³-hybridized carbons (Fsp3) is 0.217. The fourth-order valence-corrected chi connectivity index (χ4v) is 3.58. The lowest BCUT2D eigenvalue weighted by Crippen LogP contribution is -2.50. The minimum atomic E-state index is -0.311. The summed E-state index contributed by atoms with van der Waals surface area (Å²) in [5, 5.41) is 3.93. The monoisotopic (exact) mass is 392 g/mol. The van der Waals surface area contributed by atoms with E-state index in [4.69, 9.17) is 16.3 Å². The van der Waals surface area contributed by atoms with E-state index in [9.17, 15) is 4.79 Å². The normalized spacial score (nSPS) is 14.8. The molecule has 1 fully saturated rings. The van der Waals surface area contributed by atoms with Crippen LogP contribution in [0.1, 0.15) is 40.7 Å². The second-order valence-corrected chi connectivity index (χ2v) is 7.51. The first-order valence-electron chi connectivity index (χ1n) is 9.35. The molecular formula is C23H21ClN2O2. The van der Waals surface area contributed by atoms with Gasteiger partial charge in [0.25, 0.3) is 5.91 Å². The van der Waals surface area contributed by atoms with Crippen LogP contribution in [-0.2, 0) is 12.1 Å². The van der Waals surface area contributed by atoms with E-state index in [-0.39, 0.29) is 11.4 Å². The van der Waals surface area contributed by atoms with Gasteiger partial charge in [-0.05, 0) is 61.2 Å². The van der Waals surface area contributed by atoms with Gasteiger partial charge in [0.1, 0.15) is 12.4 Å². The van der Waals surface area contributed by atoms with Crippen molar-refractivity contribution in [3.05, 3.63) is 94.8 Å². The van der Waals surface area contributed by atoms with Gasteiger partial charge in [-0.15, -0.1) is 0 Å². The molecule has 4 rings (SSSR count). The SMILES string of the molecule is O=C(NC1(c2ccc(Cl)cc2)CCC1)c1cccc(OCc2cccnc2)c1. The van der Waals surface area contributed by atoms with Crippen molar-refractivity contribution in [1.29, 1.82) is 0 Å². The van der Waals surface area contributed by atoms with Crippen molar-refractivity contribution in [2.24, 2.45) is 0 Å². The van der Waals surface area contributed by atoms with Crippen LogP contribution in [-0.4, -0.2) is 10.9 Å². The quantitative estimate of drug-likeness (QED) is 0.633. The molecular weight excluding hydrogens is 372 g/mol. The number of carbonyl (C=O) groups excluding carboxylic acids is 1. The summed E-state index contributed by atoms with van der Waals surface area (Å²) in [6.45, 7) is 0.410. The Balaban J connectivity index is 1.46. The van der Waals surface area contributed by atoms with Crippen LogP contribution in [0.3, 0.4) is 0 Å². The maximum Gasteiger partial charge on any atom is 0.252 e. The third kappa shape index (κ3) is 4.02. The maximum atomic E-state index is 12.9. The van der Waals surface area contributed by atoms with Crippen LogP contribution >= 0.6 is 11.6 Å². The number of hydrogen-bond donors (Lipinski definition) is 1. The molecule has 2 aromatic carbocycles. The van der Waals surface area contributed by atoms with Crippen molar-refractivity contribution in [2.45, 2.75) is 31.4 Å². The van der Waals surface area contributed by atoms with Gasteiger partial charge in [0.2, 0.25) is 0 Å². The Morgan fingerprint density at radius 1 is 1.11 bits per heavy atom. The first-order valence-corrected chi connectivity index (χ1v) is 9.73. The highest BCUT2D eigenvalue weighted by Gasteiger charge is 2.40. The Bertz CT molecular complexity index is 954. The number of pyridine rings is 1. The van der Waals surface area contributed by atoms with Crippen molar-refractivity contribution >= 4 is 17.5 Å². The van der Waals surface area contributed by atoms with Gasteiger partial charge in [-0.3, -0.25) is 9.78 Å². The lowest BCUT2D eigenvalue weighted by atomic mass is 9.71. The zero-order valence-corrected chi connectivity index (χ0v) is 16.2. The zero-order chi connectivity index (χ0) is 19.4. The summed E-state index contributed by atoms with van der Waals surface area (Å²) in [7, 11) is 0. The molecule has 5 heteroatoms. The summed E-state index contributed by atoms with van der Waals surface area (Å²) in [5.41, 5.74) is 2.35. The van der Waals surface area contributed by atoms with Crippen LogP contribution in [0, 0.1) is 0 Å². The Kier molecular flexibility index (Phi) is 5.31. The number of benzene rings is 2. The molecule has 0 bridgehead atoms. The van der Waals surface area contributed by atoms with E-state index < -0.39 is 0 Å². The molecule has 1 aliphatic rings. The molecule has 1 aromatic heterocycles. The summed E-state index contributed by atoms with van der Waals surface area (Å²) in [6.07, 6.45) is 6.45. The van der Waals surface area contributed by atoms with Gasteiger partial charge in [0.15, 0.2) is 0 Å². The van der Waals surface area contributed by atoms with Crippen LogP contribution in [0.5, 0.6) is 5.75 Å². The number of amides is 1. The molecule has 0 aliphatic heterocycles. The number of rotatable bonds is 6. The topological polar surface area (TPSA) is 51.2 Å². The van der Waals surface area contributed by atoms with Gasteiger partial charge in [-0.1, -0.05) is 35.9 Å². The smallest absolute Gasteiger partial charge is 0.252 e. The van der Waals surface area contributed by atoms with Crippen LogP contribution in [0.2, 0.25) is 5.02 Å². The summed E-state index contributed by atoms with van der Waals surface area (Å²) in [6, 6.07) is 18.8. The summed E-state index contributed by atoms with van der Waals surface area (Å²) >= 11 is 6.01. The van der Waals surface area contributed by atoms with E-state index in [1.165, 1.54) is 0 Å². The molecule has 0 unspecified atom stereocenters. The minimum Gasteiger partial charge on any atom is -0.489 e. The molecule has 3 aromatic rings. The Morgan fingerprint density at radius 3 is 2.61 bits per heavy atom. The number of ether oxygens (including phenoxy) is 1. The number of hydrogen-bond acceptors (Lipinski definition) is 3. The molecule has 28 heavy (non-hydrogen) atoms. The average Bonchev–Trinajstić information content (AvgIpc) is 2.71. The van der Waals surface area contributed by atoms with E-state index in [2.05, 4.69) is 10.3 Å². The summed E-state index contributed by atoms with van der Waals surface area (Å²) < 4.78 is 5.82. The molecule has 0 spiro atoms. The van der Waals surface area contributed by atoms with Crippen molar-refractivity contribution in [1.82, 2.24) is 10.3 Å². The molecule has 0 saturated heterocycles. The summed E-state index contributed by atoms with van der Waals surface area (Å²) in [5.74, 6) is 0.562. The molecule has 0 radical (unpaired) electrons. The van der Waals surface area contributed by atoms with E-state index in [0.717, 1.165) is 30.4 Å². The van der Waals surface area contributed by atoms with Crippen molar-refractivity contribution in [2.75, 3.05) is 0 Å².